The molecule has 0 aliphatic heterocycles. The van der Waals surface area contributed by atoms with Crippen molar-refractivity contribution in [3.05, 3.63) is 29.3 Å². The van der Waals surface area contributed by atoms with Crippen molar-refractivity contribution in [2.24, 2.45) is 4.99 Å². The van der Waals surface area contributed by atoms with Crippen LogP contribution in [-0.2, 0) is 12.8 Å². The van der Waals surface area contributed by atoms with Crippen molar-refractivity contribution in [2.45, 2.75) is 19.3 Å². The monoisotopic (exact) mass is 174 g/mol. The minimum absolute atomic E-state index is 1.20. The van der Waals surface area contributed by atoms with Gasteiger partial charge in [-0.3, -0.25) is 4.99 Å². The standard InChI is InChI=1S/C11H14N2/c1-12-8-13-11-7-3-5-9-4-2-6-10(9)11/h3,5,7-8H,2,4,6H2,1H3,(H,12,13). The molecule has 0 atom stereocenters. The van der Waals surface area contributed by atoms with E-state index < -0.39 is 0 Å². The number of fused-ring (bicyclic) bond motifs is 1. The van der Waals surface area contributed by atoms with Gasteiger partial charge in [0.05, 0.1) is 6.34 Å². The molecule has 68 valence electrons. The molecule has 0 amide bonds. The van der Waals surface area contributed by atoms with Gasteiger partial charge in [-0.05, 0) is 36.5 Å². The van der Waals surface area contributed by atoms with E-state index >= 15 is 0 Å². The third-order valence-corrected chi connectivity index (χ3v) is 2.50. The van der Waals surface area contributed by atoms with Gasteiger partial charge in [0.25, 0.3) is 0 Å². The molecule has 0 fully saturated rings. The van der Waals surface area contributed by atoms with Gasteiger partial charge in [-0.25, -0.2) is 0 Å². The van der Waals surface area contributed by atoms with Gasteiger partial charge in [-0.15, -0.1) is 0 Å². The summed E-state index contributed by atoms with van der Waals surface area (Å²) in [7, 11) is 1.77. The van der Waals surface area contributed by atoms with Crippen LogP contribution in [0.1, 0.15) is 17.5 Å². The molecule has 1 aromatic carbocycles. The lowest BCUT2D eigenvalue weighted by Gasteiger charge is -2.06. The Hall–Kier alpha value is -1.31. The lowest BCUT2D eigenvalue weighted by Crippen LogP contribution is -1.98. The number of hydrogen-bond donors (Lipinski definition) is 1. The highest BCUT2D eigenvalue weighted by Crippen LogP contribution is 2.28. The maximum atomic E-state index is 3.92. The van der Waals surface area contributed by atoms with Crippen LogP contribution in [0.25, 0.3) is 0 Å². The van der Waals surface area contributed by atoms with E-state index in [9.17, 15) is 0 Å². The second kappa shape index (κ2) is 3.60. The van der Waals surface area contributed by atoms with E-state index in [1.54, 1.807) is 13.4 Å². The molecule has 1 aliphatic carbocycles. The van der Waals surface area contributed by atoms with Crippen LogP contribution in [0.5, 0.6) is 0 Å². The normalized spacial score (nSPS) is 14.8. The average Bonchev–Trinajstić information content (AvgIpc) is 2.62. The Labute approximate surface area is 78.7 Å². The summed E-state index contributed by atoms with van der Waals surface area (Å²) in [5.74, 6) is 0. The highest BCUT2D eigenvalue weighted by atomic mass is 14.9. The molecule has 1 aliphatic rings. The Balaban J connectivity index is 2.30. The Kier molecular flexibility index (Phi) is 2.30. The quantitative estimate of drug-likeness (QED) is 0.539. The summed E-state index contributed by atoms with van der Waals surface area (Å²) >= 11 is 0. The fourth-order valence-electron chi connectivity index (χ4n) is 1.89. The fraction of sp³-hybridized carbons (Fsp3) is 0.364. The van der Waals surface area contributed by atoms with Gasteiger partial charge < -0.3 is 5.32 Å². The van der Waals surface area contributed by atoms with Gasteiger partial charge in [-0.1, -0.05) is 12.1 Å². The smallest absolute Gasteiger partial charge is 0.0864 e. The predicted octanol–water partition coefficient (Wildman–Crippen LogP) is 2.25. The number of rotatable bonds is 2. The van der Waals surface area contributed by atoms with E-state index in [4.69, 9.17) is 0 Å². The number of anilines is 1. The van der Waals surface area contributed by atoms with Crippen LogP contribution in [-0.4, -0.2) is 13.4 Å². The second-order valence-electron chi connectivity index (χ2n) is 3.33. The molecule has 0 spiro atoms. The molecular weight excluding hydrogens is 160 g/mol. The average molecular weight is 174 g/mol. The molecule has 0 saturated carbocycles. The van der Waals surface area contributed by atoms with Crippen LogP contribution < -0.4 is 5.32 Å². The summed E-state index contributed by atoms with van der Waals surface area (Å²) in [5.41, 5.74) is 4.19. The van der Waals surface area contributed by atoms with Gasteiger partial charge in [0.1, 0.15) is 0 Å². The molecule has 1 aromatic rings. The number of aryl methyl sites for hydroxylation is 1. The molecule has 1 N–H and O–H groups in total. The first-order chi connectivity index (χ1) is 6.42. The maximum Gasteiger partial charge on any atom is 0.0864 e. The van der Waals surface area contributed by atoms with Crippen LogP contribution in [0, 0.1) is 0 Å². The Bertz CT molecular complexity index is 329. The first-order valence-electron chi connectivity index (χ1n) is 4.70. The van der Waals surface area contributed by atoms with Crippen molar-refractivity contribution in [1.82, 2.24) is 0 Å². The van der Waals surface area contributed by atoms with E-state index in [0.717, 1.165) is 0 Å². The molecule has 0 aromatic heterocycles. The molecule has 0 unspecified atom stereocenters. The Morgan fingerprint density at radius 3 is 3.15 bits per heavy atom. The first-order valence-corrected chi connectivity index (χ1v) is 4.70. The fourth-order valence-corrected chi connectivity index (χ4v) is 1.89. The number of aliphatic imine (C=N–C) groups is 1. The van der Waals surface area contributed by atoms with E-state index in [2.05, 4.69) is 28.5 Å². The van der Waals surface area contributed by atoms with Gasteiger partial charge in [-0.2, -0.15) is 0 Å². The van der Waals surface area contributed by atoms with Crippen molar-refractivity contribution in [1.29, 1.82) is 0 Å². The van der Waals surface area contributed by atoms with E-state index in [1.807, 2.05) is 0 Å². The number of nitrogens with zero attached hydrogens (tertiary/aromatic N) is 1. The van der Waals surface area contributed by atoms with Gasteiger partial charge in [0.15, 0.2) is 0 Å². The maximum absolute atomic E-state index is 3.92. The SMILES string of the molecule is CN=CNc1cccc2c1CCC2. The van der Waals surface area contributed by atoms with Crippen molar-refractivity contribution in [2.75, 3.05) is 12.4 Å². The highest BCUT2D eigenvalue weighted by molar-refractivity contribution is 5.78. The topological polar surface area (TPSA) is 24.4 Å². The van der Waals surface area contributed by atoms with Crippen molar-refractivity contribution in [3.8, 4) is 0 Å². The van der Waals surface area contributed by atoms with Crippen LogP contribution in [0.2, 0.25) is 0 Å². The van der Waals surface area contributed by atoms with E-state index in [1.165, 1.54) is 36.1 Å². The zero-order chi connectivity index (χ0) is 9.10. The molecule has 0 radical (unpaired) electrons. The lowest BCUT2D eigenvalue weighted by molar-refractivity contribution is 0.912. The zero-order valence-electron chi connectivity index (χ0n) is 7.88. The van der Waals surface area contributed by atoms with Crippen LogP contribution in [0.4, 0.5) is 5.69 Å². The molecule has 0 bridgehead atoms. The summed E-state index contributed by atoms with van der Waals surface area (Å²) in [6.45, 7) is 0. The van der Waals surface area contributed by atoms with Crippen molar-refractivity contribution < 1.29 is 0 Å². The highest BCUT2D eigenvalue weighted by Gasteiger charge is 2.13. The number of nitrogens with one attached hydrogen (secondary N) is 1. The van der Waals surface area contributed by atoms with Crippen LogP contribution in [0.15, 0.2) is 23.2 Å². The molecule has 2 nitrogen and oxygen atoms in total. The van der Waals surface area contributed by atoms with E-state index in [-0.39, 0.29) is 0 Å². The molecule has 2 heteroatoms. The molecule has 2 rings (SSSR count). The van der Waals surface area contributed by atoms with Crippen LogP contribution >= 0.6 is 0 Å². The van der Waals surface area contributed by atoms with Crippen molar-refractivity contribution in [3.63, 3.8) is 0 Å². The largest absolute Gasteiger partial charge is 0.347 e. The van der Waals surface area contributed by atoms with E-state index in [0.29, 0.717) is 0 Å². The summed E-state index contributed by atoms with van der Waals surface area (Å²) in [6, 6.07) is 6.44. The summed E-state index contributed by atoms with van der Waals surface area (Å²) < 4.78 is 0. The van der Waals surface area contributed by atoms with Crippen molar-refractivity contribution >= 4 is 12.0 Å². The second-order valence-corrected chi connectivity index (χ2v) is 3.33. The molecular formula is C11H14N2. The summed E-state index contributed by atoms with van der Waals surface area (Å²) in [6.07, 6.45) is 5.47. The number of benzene rings is 1. The number of hydrogen-bond acceptors (Lipinski definition) is 1. The third kappa shape index (κ3) is 1.57. The first kappa shape index (κ1) is 8.30. The zero-order valence-corrected chi connectivity index (χ0v) is 7.88. The Morgan fingerprint density at radius 2 is 2.31 bits per heavy atom. The minimum atomic E-state index is 1.20. The predicted molar refractivity (Wildman–Crippen MR) is 56.5 cm³/mol. The third-order valence-electron chi connectivity index (χ3n) is 2.50. The summed E-state index contributed by atoms with van der Waals surface area (Å²) in [5, 5.41) is 3.20. The molecule has 0 saturated heterocycles. The minimum Gasteiger partial charge on any atom is -0.347 e. The molecule has 0 heterocycles. The van der Waals surface area contributed by atoms with Gasteiger partial charge in [0, 0.05) is 12.7 Å². The van der Waals surface area contributed by atoms with Gasteiger partial charge in [0.2, 0.25) is 0 Å². The molecule has 13 heavy (non-hydrogen) atoms. The Morgan fingerprint density at radius 1 is 1.38 bits per heavy atom. The van der Waals surface area contributed by atoms with Gasteiger partial charge >= 0.3 is 0 Å². The lowest BCUT2D eigenvalue weighted by atomic mass is 10.1. The summed E-state index contributed by atoms with van der Waals surface area (Å²) in [4.78, 5) is 3.92. The van der Waals surface area contributed by atoms with Crippen LogP contribution in [0.3, 0.4) is 0 Å².